The summed E-state index contributed by atoms with van der Waals surface area (Å²) in [6.45, 7) is 1.96. The molecule has 7 rings (SSSR count). The number of halogens is 2. The van der Waals surface area contributed by atoms with E-state index in [-0.39, 0.29) is 10.5 Å². The Balaban J connectivity index is 1.49. The maximum Gasteiger partial charge on any atom is 0.238 e. The van der Waals surface area contributed by atoms with Gasteiger partial charge in [0, 0.05) is 24.9 Å². The van der Waals surface area contributed by atoms with E-state index in [9.17, 15) is 8.42 Å². The van der Waals surface area contributed by atoms with Crippen LogP contribution in [0, 0.1) is 17.7 Å². The third kappa shape index (κ3) is 4.32. The van der Waals surface area contributed by atoms with E-state index in [4.69, 9.17) is 21.7 Å². The smallest absolute Gasteiger partial charge is 0.238 e. The SMILES string of the molecule is NS(=O)(=O)c1ccc(F)c(C2(c3ccc4ncc(N5CC6CCC(CC6)C5)nc4c3)C=CC=NC2Cl)c1. The Bertz CT molecular complexity index is 1520. The number of dihydropyridines is 1. The Labute approximate surface area is 220 Å². The summed E-state index contributed by atoms with van der Waals surface area (Å²) in [5.41, 5.74) is -0.165. The molecular weight excluding hydrogens is 513 g/mol. The van der Waals surface area contributed by atoms with E-state index in [1.54, 1.807) is 18.4 Å². The molecule has 2 N–H and O–H groups in total. The fourth-order valence-electron chi connectivity index (χ4n) is 6.02. The highest BCUT2D eigenvalue weighted by Crippen LogP contribution is 2.44. The molecule has 10 heteroatoms. The van der Waals surface area contributed by atoms with Crippen LogP contribution in [-0.4, -0.2) is 43.2 Å². The minimum absolute atomic E-state index is 0.0692. The first-order chi connectivity index (χ1) is 17.7. The van der Waals surface area contributed by atoms with Crippen molar-refractivity contribution in [1.82, 2.24) is 9.97 Å². The van der Waals surface area contributed by atoms with Crippen LogP contribution < -0.4 is 10.0 Å². The lowest BCUT2D eigenvalue weighted by Gasteiger charge is -2.36. The second-order valence-electron chi connectivity index (χ2n) is 10.3. The molecular formula is C27H27ClFN5O2S. The second-order valence-corrected chi connectivity index (χ2v) is 12.2. The summed E-state index contributed by atoms with van der Waals surface area (Å²) in [5.74, 6) is 1.59. The highest BCUT2D eigenvalue weighted by atomic mass is 35.5. The monoisotopic (exact) mass is 539 g/mol. The standard InChI is InChI=1S/C27H27ClFN5O2S/c28-26-27(10-1-11-31-26,21-13-20(37(30,35)36)7-8-22(21)29)19-6-9-23-24(12-19)33-25(14-32-23)34-15-17-2-3-18(16-34)5-4-17/h1,6-14,17-18,26H,2-5,15-16H2,(H2,30,35,36). The summed E-state index contributed by atoms with van der Waals surface area (Å²) in [6, 6.07) is 8.97. The summed E-state index contributed by atoms with van der Waals surface area (Å²) in [5, 5.41) is 5.36. The minimum Gasteiger partial charge on any atom is -0.355 e. The Morgan fingerprint density at radius 1 is 1.03 bits per heavy atom. The number of nitrogens with two attached hydrogens (primary N) is 1. The van der Waals surface area contributed by atoms with Gasteiger partial charge in [-0.15, -0.1) is 0 Å². The zero-order valence-electron chi connectivity index (χ0n) is 20.1. The molecule has 192 valence electrons. The predicted molar refractivity (Wildman–Crippen MR) is 143 cm³/mol. The topological polar surface area (TPSA) is 102 Å². The highest BCUT2D eigenvalue weighted by molar-refractivity contribution is 7.89. The van der Waals surface area contributed by atoms with Gasteiger partial charge in [-0.2, -0.15) is 0 Å². The van der Waals surface area contributed by atoms with Gasteiger partial charge in [-0.05, 0) is 79.5 Å². The Morgan fingerprint density at radius 2 is 1.76 bits per heavy atom. The van der Waals surface area contributed by atoms with Gasteiger partial charge >= 0.3 is 0 Å². The normalized spacial score (nSPS) is 27.5. The fourth-order valence-corrected chi connectivity index (χ4v) is 6.94. The van der Waals surface area contributed by atoms with E-state index < -0.39 is 26.8 Å². The molecule has 4 heterocycles. The Kier molecular flexibility index (Phi) is 6.05. The van der Waals surface area contributed by atoms with E-state index in [0.29, 0.717) is 28.4 Å². The van der Waals surface area contributed by atoms with Crippen LogP contribution >= 0.6 is 11.6 Å². The van der Waals surface area contributed by atoms with Crippen LogP contribution in [0.25, 0.3) is 11.0 Å². The molecule has 3 aliphatic heterocycles. The molecule has 2 aromatic carbocycles. The lowest BCUT2D eigenvalue weighted by molar-refractivity contribution is 0.326. The minimum atomic E-state index is -4.07. The molecule has 3 aromatic rings. The van der Waals surface area contributed by atoms with E-state index in [1.807, 2.05) is 24.4 Å². The van der Waals surface area contributed by atoms with Gasteiger partial charge in [0.05, 0.1) is 27.5 Å². The van der Waals surface area contributed by atoms with E-state index in [2.05, 4.69) is 14.9 Å². The number of hydrogen-bond acceptors (Lipinski definition) is 6. The first-order valence-corrected chi connectivity index (χ1v) is 14.4. The predicted octanol–water partition coefficient (Wildman–Crippen LogP) is 4.53. The van der Waals surface area contributed by atoms with E-state index in [0.717, 1.165) is 31.0 Å². The summed E-state index contributed by atoms with van der Waals surface area (Å²) >= 11 is 6.77. The zero-order chi connectivity index (χ0) is 25.8. The number of aromatic nitrogens is 2. The van der Waals surface area contributed by atoms with Crippen LogP contribution in [0.5, 0.6) is 0 Å². The van der Waals surface area contributed by atoms with Crippen molar-refractivity contribution in [3.8, 4) is 0 Å². The molecule has 4 aliphatic rings. The number of primary sulfonamides is 1. The number of fused-ring (bicyclic) bond motifs is 5. The maximum atomic E-state index is 15.4. The number of alkyl halides is 1. The molecule has 2 bridgehead atoms. The molecule has 7 nitrogen and oxygen atoms in total. The molecule has 2 saturated heterocycles. The summed E-state index contributed by atoms with van der Waals surface area (Å²) in [4.78, 5) is 16.1. The third-order valence-corrected chi connectivity index (χ3v) is 9.37. The van der Waals surface area contributed by atoms with Crippen molar-refractivity contribution in [2.75, 3.05) is 18.0 Å². The Hall–Kier alpha value is -2.88. The van der Waals surface area contributed by atoms with Gasteiger partial charge in [0.1, 0.15) is 17.1 Å². The molecule has 0 radical (unpaired) electrons. The number of anilines is 1. The molecule has 1 saturated carbocycles. The first-order valence-electron chi connectivity index (χ1n) is 12.4. The number of aliphatic imine (C=N–C) groups is 1. The molecule has 2 atom stereocenters. The van der Waals surface area contributed by atoms with Gasteiger partial charge in [-0.3, -0.25) is 9.98 Å². The quantitative estimate of drug-likeness (QED) is 0.387. The molecule has 2 unspecified atom stereocenters. The fraction of sp³-hybridized carbons (Fsp3) is 0.370. The lowest BCUT2D eigenvalue weighted by atomic mass is 9.72. The molecule has 1 aromatic heterocycles. The lowest BCUT2D eigenvalue weighted by Crippen LogP contribution is -2.37. The average Bonchev–Trinajstić information content (AvgIpc) is 3.22. The number of allylic oxidation sites excluding steroid dienone is 1. The third-order valence-electron chi connectivity index (χ3n) is 8.00. The number of rotatable bonds is 4. The van der Waals surface area contributed by atoms with Crippen molar-refractivity contribution in [3.63, 3.8) is 0 Å². The summed E-state index contributed by atoms with van der Waals surface area (Å²) in [6.07, 6.45) is 11.9. The van der Waals surface area contributed by atoms with Crippen LogP contribution in [-0.2, 0) is 15.4 Å². The van der Waals surface area contributed by atoms with Crippen LogP contribution in [0.2, 0.25) is 0 Å². The molecule has 3 fully saturated rings. The van der Waals surface area contributed by atoms with Crippen LogP contribution in [0.4, 0.5) is 10.2 Å². The van der Waals surface area contributed by atoms with Crippen molar-refractivity contribution in [2.45, 2.75) is 41.5 Å². The average molecular weight is 540 g/mol. The molecule has 37 heavy (non-hydrogen) atoms. The van der Waals surface area contributed by atoms with Crippen molar-refractivity contribution in [3.05, 3.63) is 71.7 Å². The van der Waals surface area contributed by atoms with Crippen LogP contribution in [0.1, 0.15) is 36.8 Å². The second kappa shape index (κ2) is 9.15. The van der Waals surface area contributed by atoms with Gasteiger partial charge in [0.25, 0.3) is 0 Å². The number of hydrogen-bond donors (Lipinski definition) is 1. The number of nitrogens with zero attached hydrogens (tertiary/aromatic N) is 4. The van der Waals surface area contributed by atoms with Crippen molar-refractivity contribution >= 4 is 44.7 Å². The summed E-state index contributed by atoms with van der Waals surface area (Å²) in [7, 11) is -4.07. The van der Waals surface area contributed by atoms with Gasteiger partial charge < -0.3 is 4.90 Å². The van der Waals surface area contributed by atoms with Crippen LogP contribution in [0.15, 0.2) is 64.6 Å². The maximum absolute atomic E-state index is 15.4. The Morgan fingerprint density at radius 3 is 2.43 bits per heavy atom. The van der Waals surface area contributed by atoms with Gasteiger partial charge in [0.15, 0.2) is 0 Å². The van der Waals surface area contributed by atoms with Crippen molar-refractivity contribution in [1.29, 1.82) is 0 Å². The van der Waals surface area contributed by atoms with Crippen molar-refractivity contribution < 1.29 is 12.8 Å². The summed E-state index contributed by atoms with van der Waals surface area (Å²) < 4.78 is 39.6. The van der Waals surface area contributed by atoms with E-state index >= 15 is 4.39 Å². The zero-order valence-corrected chi connectivity index (χ0v) is 21.7. The largest absolute Gasteiger partial charge is 0.355 e. The first kappa shape index (κ1) is 24.5. The number of benzene rings is 2. The van der Waals surface area contributed by atoms with Gasteiger partial charge in [-0.25, -0.2) is 22.9 Å². The van der Waals surface area contributed by atoms with Crippen molar-refractivity contribution in [2.24, 2.45) is 22.0 Å². The molecule has 0 spiro atoms. The van der Waals surface area contributed by atoms with Gasteiger partial charge in [-0.1, -0.05) is 23.7 Å². The molecule has 1 aliphatic carbocycles. The van der Waals surface area contributed by atoms with Gasteiger partial charge in [0.2, 0.25) is 10.0 Å². The van der Waals surface area contributed by atoms with Crippen LogP contribution in [0.3, 0.4) is 0 Å². The van der Waals surface area contributed by atoms with E-state index in [1.165, 1.54) is 31.7 Å². The molecule has 0 amide bonds. The highest BCUT2D eigenvalue weighted by Gasteiger charge is 2.43. The number of sulfonamides is 1.